The van der Waals surface area contributed by atoms with Gasteiger partial charge in [0.05, 0.1) is 5.56 Å². The van der Waals surface area contributed by atoms with E-state index in [1.165, 1.54) is 6.07 Å². The maximum Gasteiger partial charge on any atom is 0.335 e. The first-order chi connectivity index (χ1) is 10.5. The third kappa shape index (κ3) is 3.41. The van der Waals surface area contributed by atoms with E-state index in [1.54, 1.807) is 19.1 Å². The number of aromatic carboxylic acids is 1. The van der Waals surface area contributed by atoms with Crippen molar-refractivity contribution in [1.82, 2.24) is 0 Å². The molecule has 0 saturated carbocycles. The highest BCUT2D eigenvalue weighted by Crippen LogP contribution is 2.30. The maximum absolute atomic E-state index is 11.4. The molecule has 0 radical (unpaired) electrons. The summed E-state index contributed by atoms with van der Waals surface area (Å²) in [6.45, 7) is 5.14. The molecule has 0 aliphatic rings. The highest BCUT2D eigenvalue weighted by molar-refractivity contribution is 5.89. The van der Waals surface area contributed by atoms with Crippen molar-refractivity contribution in [2.75, 3.05) is 0 Å². The van der Waals surface area contributed by atoms with E-state index in [0.29, 0.717) is 0 Å². The van der Waals surface area contributed by atoms with Crippen LogP contribution in [0.15, 0.2) is 61.2 Å². The Labute approximate surface area is 128 Å². The van der Waals surface area contributed by atoms with Crippen LogP contribution in [-0.2, 0) is 9.53 Å². The van der Waals surface area contributed by atoms with E-state index in [-0.39, 0.29) is 5.56 Å². The Morgan fingerprint density at radius 1 is 1.18 bits per heavy atom. The quantitative estimate of drug-likeness (QED) is 0.672. The smallest absolute Gasteiger partial charge is 0.335 e. The Hall–Kier alpha value is -2.88. The van der Waals surface area contributed by atoms with Gasteiger partial charge in [0.2, 0.25) is 0 Å². The molecule has 0 spiro atoms. The monoisotopic (exact) mass is 296 g/mol. The van der Waals surface area contributed by atoms with E-state index in [9.17, 15) is 9.59 Å². The van der Waals surface area contributed by atoms with Crippen molar-refractivity contribution in [2.24, 2.45) is 0 Å². The van der Waals surface area contributed by atoms with E-state index < -0.39 is 18.0 Å². The van der Waals surface area contributed by atoms with Crippen LogP contribution < -0.4 is 0 Å². The van der Waals surface area contributed by atoms with Crippen LogP contribution in [0, 0.1) is 0 Å². The normalized spacial score (nSPS) is 11.5. The molecule has 0 saturated heterocycles. The van der Waals surface area contributed by atoms with Gasteiger partial charge in [-0.2, -0.15) is 0 Å². The predicted octanol–water partition coefficient (Wildman–Crippen LogP) is 3.84. The summed E-state index contributed by atoms with van der Waals surface area (Å²) in [6.07, 6.45) is 0.652. The molecule has 4 nitrogen and oxygen atoms in total. The lowest BCUT2D eigenvalue weighted by atomic mass is 9.95. The Kier molecular flexibility index (Phi) is 4.73. The number of ether oxygens (including phenoxy) is 1. The molecule has 0 fully saturated rings. The number of hydrogen-bond donors (Lipinski definition) is 1. The van der Waals surface area contributed by atoms with Gasteiger partial charge in [0.25, 0.3) is 0 Å². The summed E-state index contributed by atoms with van der Waals surface area (Å²) >= 11 is 0. The van der Waals surface area contributed by atoms with Crippen LogP contribution in [-0.4, -0.2) is 17.0 Å². The summed E-state index contributed by atoms with van der Waals surface area (Å²) in [4.78, 5) is 22.5. The number of esters is 1. The van der Waals surface area contributed by atoms with E-state index in [4.69, 9.17) is 9.84 Å². The lowest BCUT2D eigenvalue weighted by Crippen LogP contribution is -2.07. The molecule has 112 valence electrons. The van der Waals surface area contributed by atoms with Crippen LogP contribution in [0.1, 0.15) is 28.9 Å². The SMILES string of the molecule is C=CC(=O)OC(C)c1ccccc1-c1cccc(C(=O)O)c1. The molecule has 22 heavy (non-hydrogen) atoms. The molecule has 0 heterocycles. The van der Waals surface area contributed by atoms with Crippen molar-refractivity contribution >= 4 is 11.9 Å². The molecule has 0 aromatic heterocycles. The third-order valence-corrected chi connectivity index (χ3v) is 3.28. The molecule has 0 bridgehead atoms. The van der Waals surface area contributed by atoms with Crippen molar-refractivity contribution in [3.63, 3.8) is 0 Å². The lowest BCUT2D eigenvalue weighted by molar-refractivity contribution is -0.142. The Morgan fingerprint density at radius 2 is 1.91 bits per heavy atom. The molecule has 1 unspecified atom stereocenters. The van der Waals surface area contributed by atoms with Crippen LogP contribution in [0.2, 0.25) is 0 Å². The number of carbonyl (C=O) groups excluding carboxylic acids is 1. The van der Waals surface area contributed by atoms with Crippen molar-refractivity contribution in [1.29, 1.82) is 0 Å². The zero-order valence-electron chi connectivity index (χ0n) is 12.2. The summed E-state index contributed by atoms with van der Waals surface area (Å²) in [7, 11) is 0. The number of rotatable bonds is 5. The van der Waals surface area contributed by atoms with E-state index >= 15 is 0 Å². The molecular weight excluding hydrogens is 280 g/mol. The second-order valence-electron chi connectivity index (χ2n) is 4.76. The van der Waals surface area contributed by atoms with Gasteiger partial charge < -0.3 is 9.84 Å². The molecule has 2 aromatic rings. The summed E-state index contributed by atoms with van der Waals surface area (Å²) in [5, 5.41) is 9.11. The van der Waals surface area contributed by atoms with Crippen LogP contribution >= 0.6 is 0 Å². The molecule has 0 aliphatic carbocycles. The van der Waals surface area contributed by atoms with Gasteiger partial charge in [-0.1, -0.05) is 43.0 Å². The van der Waals surface area contributed by atoms with Gasteiger partial charge in [0, 0.05) is 6.08 Å². The van der Waals surface area contributed by atoms with Gasteiger partial charge in [0.1, 0.15) is 6.10 Å². The third-order valence-electron chi connectivity index (χ3n) is 3.28. The van der Waals surface area contributed by atoms with E-state index in [2.05, 4.69) is 6.58 Å². The summed E-state index contributed by atoms with van der Waals surface area (Å²) in [6, 6.07) is 14.1. The van der Waals surface area contributed by atoms with Gasteiger partial charge in [-0.15, -0.1) is 0 Å². The maximum atomic E-state index is 11.4. The first-order valence-corrected chi connectivity index (χ1v) is 6.78. The summed E-state index contributed by atoms with van der Waals surface area (Å²) in [5.74, 6) is -1.48. The highest BCUT2D eigenvalue weighted by atomic mass is 16.5. The highest BCUT2D eigenvalue weighted by Gasteiger charge is 2.15. The van der Waals surface area contributed by atoms with E-state index in [0.717, 1.165) is 22.8 Å². The molecule has 0 amide bonds. The van der Waals surface area contributed by atoms with Crippen molar-refractivity contribution in [3.05, 3.63) is 72.3 Å². The number of hydrogen-bond acceptors (Lipinski definition) is 3. The van der Waals surface area contributed by atoms with Gasteiger partial charge >= 0.3 is 11.9 Å². The van der Waals surface area contributed by atoms with Crippen LogP contribution in [0.4, 0.5) is 0 Å². The van der Waals surface area contributed by atoms with Crippen LogP contribution in [0.25, 0.3) is 11.1 Å². The first kappa shape index (κ1) is 15.5. The first-order valence-electron chi connectivity index (χ1n) is 6.78. The minimum absolute atomic E-state index is 0.211. The molecule has 0 aliphatic heterocycles. The zero-order valence-corrected chi connectivity index (χ0v) is 12.2. The molecule has 1 N–H and O–H groups in total. The fourth-order valence-corrected chi connectivity index (χ4v) is 2.22. The minimum Gasteiger partial charge on any atom is -0.478 e. The largest absolute Gasteiger partial charge is 0.478 e. The standard InChI is InChI=1S/C18H16O4/c1-3-17(19)22-12(2)15-9-4-5-10-16(15)13-7-6-8-14(11-13)18(20)21/h3-12H,1H2,2H3,(H,20,21). The Balaban J connectivity index is 2.44. The Bertz CT molecular complexity index is 719. The lowest BCUT2D eigenvalue weighted by Gasteiger charge is -2.17. The molecule has 2 rings (SSSR count). The van der Waals surface area contributed by atoms with Crippen molar-refractivity contribution in [3.8, 4) is 11.1 Å². The van der Waals surface area contributed by atoms with Gasteiger partial charge in [-0.3, -0.25) is 0 Å². The van der Waals surface area contributed by atoms with Crippen LogP contribution in [0.5, 0.6) is 0 Å². The van der Waals surface area contributed by atoms with Crippen molar-refractivity contribution < 1.29 is 19.4 Å². The number of benzene rings is 2. The molecule has 1 atom stereocenters. The topological polar surface area (TPSA) is 63.6 Å². The number of carboxylic acid groups (broad SMARTS) is 1. The molecule has 2 aromatic carbocycles. The van der Waals surface area contributed by atoms with Crippen molar-refractivity contribution in [2.45, 2.75) is 13.0 Å². The second-order valence-corrected chi connectivity index (χ2v) is 4.76. The zero-order chi connectivity index (χ0) is 16.1. The average Bonchev–Trinajstić information content (AvgIpc) is 2.54. The molecular formula is C18H16O4. The molecule has 4 heteroatoms. The predicted molar refractivity (Wildman–Crippen MR) is 83.5 cm³/mol. The minimum atomic E-state index is -0.981. The Morgan fingerprint density at radius 3 is 2.59 bits per heavy atom. The summed E-state index contributed by atoms with van der Waals surface area (Å²) < 4.78 is 5.25. The average molecular weight is 296 g/mol. The van der Waals surface area contributed by atoms with Gasteiger partial charge in [0.15, 0.2) is 0 Å². The van der Waals surface area contributed by atoms with Gasteiger partial charge in [-0.05, 0) is 35.7 Å². The summed E-state index contributed by atoms with van der Waals surface area (Å²) in [5.41, 5.74) is 2.61. The fraction of sp³-hybridized carbons (Fsp3) is 0.111. The van der Waals surface area contributed by atoms with E-state index in [1.807, 2.05) is 30.3 Å². The van der Waals surface area contributed by atoms with Crippen LogP contribution in [0.3, 0.4) is 0 Å². The second kappa shape index (κ2) is 6.72. The number of carboxylic acids is 1. The fourth-order valence-electron chi connectivity index (χ4n) is 2.22. The number of carbonyl (C=O) groups is 2. The van der Waals surface area contributed by atoms with Gasteiger partial charge in [-0.25, -0.2) is 9.59 Å².